The van der Waals surface area contributed by atoms with E-state index in [9.17, 15) is 10.1 Å². The molecule has 0 spiro atoms. The first-order valence-corrected chi connectivity index (χ1v) is 8.00. The van der Waals surface area contributed by atoms with Crippen molar-refractivity contribution in [3.8, 4) is 6.07 Å². The van der Waals surface area contributed by atoms with E-state index in [0.717, 1.165) is 21.6 Å². The summed E-state index contributed by atoms with van der Waals surface area (Å²) < 4.78 is 0. The van der Waals surface area contributed by atoms with Crippen molar-refractivity contribution < 1.29 is 0 Å². The van der Waals surface area contributed by atoms with Gasteiger partial charge < -0.3 is 4.98 Å². The van der Waals surface area contributed by atoms with Gasteiger partial charge in [0.25, 0.3) is 5.56 Å². The summed E-state index contributed by atoms with van der Waals surface area (Å²) in [6, 6.07) is 9.95. The van der Waals surface area contributed by atoms with Gasteiger partial charge in [-0.3, -0.25) is 4.79 Å². The number of H-pyrrole nitrogens is 1. The molecule has 0 saturated heterocycles. The fourth-order valence-corrected chi connectivity index (χ4v) is 3.40. The van der Waals surface area contributed by atoms with Crippen LogP contribution in [0.1, 0.15) is 27.4 Å². The molecular formula is C18H15N3OS. The third-order valence-electron chi connectivity index (χ3n) is 3.80. The molecular weight excluding hydrogens is 306 g/mol. The van der Waals surface area contributed by atoms with E-state index >= 15 is 0 Å². The normalized spacial score (nSPS) is 11.7. The Morgan fingerprint density at radius 2 is 1.96 bits per heavy atom. The van der Waals surface area contributed by atoms with Crippen LogP contribution in [0.5, 0.6) is 0 Å². The number of aromatic amines is 1. The minimum absolute atomic E-state index is 0.197. The number of benzene rings is 1. The molecule has 23 heavy (non-hydrogen) atoms. The predicted octanol–water partition coefficient (Wildman–Crippen LogP) is 3.97. The zero-order valence-corrected chi connectivity index (χ0v) is 13.9. The molecule has 0 fully saturated rings. The Morgan fingerprint density at radius 3 is 2.61 bits per heavy atom. The number of nitrogens with one attached hydrogen (secondary N) is 1. The number of aryl methyl sites for hydroxylation is 3. The third-order valence-corrected chi connectivity index (χ3v) is 4.90. The molecule has 1 aromatic carbocycles. The second-order valence-electron chi connectivity index (χ2n) is 5.46. The summed E-state index contributed by atoms with van der Waals surface area (Å²) in [5, 5.41) is 10.1. The lowest BCUT2D eigenvalue weighted by Gasteiger charge is -2.00. The van der Waals surface area contributed by atoms with E-state index < -0.39 is 0 Å². The zero-order valence-electron chi connectivity index (χ0n) is 13.1. The molecule has 0 atom stereocenters. The topological polar surface area (TPSA) is 69.5 Å². The first-order chi connectivity index (χ1) is 11.0. The lowest BCUT2D eigenvalue weighted by atomic mass is 10.1. The van der Waals surface area contributed by atoms with E-state index in [0.29, 0.717) is 21.6 Å². The van der Waals surface area contributed by atoms with Gasteiger partial charge >= 0.3 is 0 Å². The Morgan fingerprint density at radius 1 is 1.26 bits per heavy atom. The molecule has 1 N–H and O–H groups in total. The summed E-state index contributed by atoms with van der Waals surface area (Å²) in [6.45, 7) is 5.89. The second kappa shape index (κ2) is 5.82. The standard InChI is InChI=1S/C18H15N3OS/c1-10-4-6-13(7-5-10)8-14(9-19)16-20-17(22)15-11(2)12(3)23-18(15)21-16/h4-8H,1-3H3,(H,20,21,22)/b14-8+. The molecule has 5 heteroatoms. The summed E-state index contributed by atoms with van der Waals surface area (Å²) in [6.07, 6.45) is 1.73. The first-order valence-electron chi connectivity index (χ1n) is 7.18. The van der Waals surface area contributed by atoms with Crippen LogP contribution in [0.15, 0.2) is 29.1 Å². The number of nitrogens with zero attached hydrogens (tertiary/aromatic N) is 2. The van der Waals surface area contributed by atoms with Crippen LogP contribution in [0, 0.1) is 32.1 Å². The van der Waals surface area contributed by atoms with Crippen LogP contribution in [-0.4, -0.2) is 9.97 Å². The Labute approximate surface area is 137 Å². The lowest BCUT2D eigenvalue weighted by Crippen LogP contribution is -2.10. The molecule has 0 aliphatic heterocycles. The average molecular weight is 321 g/mol. The van der Waals surface area contributed by atoms with Gasteiger partial charge in [0.1, 0.15) is 10.9 Å². The predicted molar refractivity (Wildman–Crippen MR) is 94.4 cm³/mol. The summed E-state index contributed by atoms with van der Waals surface area (Å²) in [4.78, 5) is 21.3. The van der Waals surface area contributed by atoms with Crippen molar-refractivity contribution in [2.24, 2.45) is 0 Å². The van der Waals surface area contributed by atoms with Gasteiger partial charge in [-0.05, 0) is 38.0 Å². The largest absolute Gasteiger partial charge is 0.305 e. The number of allylic oxidation sites excluding steroid dienone is 1. The van der Waals surface area contributed by atoms with Gasteiger partial charge in [0.2, 0.25) is 0 Å². The van der Waals surface area contributed by atoms with E-state index in [1.807, 2.05) is 45.0 Å². The van der Waals surface area contributed by atoms with Crippen molar-refractivity contribution in [2.45, 2.75) is 20.8 Å². The SMILES string of the molecule is Cc1ccc(/C=C(\C#N)c2nc3sc(C)c(C)c3c(=O)[nH]2)cc1. The van der Waals surface area contributed by atoms with Gasteiger partial charge in [0, 0.05) is 4.88 Å². The fraction of sp³-hybridized carbons (Fsp3) is 0.167. The number of rotatable bonds is 2. The van der Waals surface area contributed by atoms with Crippen LogP contribution in [0.25, 0.3) is 21.9 Å². The first kappa shape index (κ1) is 15.2. The number of aromatic nitrogens is 2. The molecule has 3 rings (SSSR count). The summed E-state index contributed by atoms with van der Waals surface area (Å²) in [7, 11) is 0. The highest BCUT2D eigenvalue weighted by Crippen LogP contribution is 2.26. The van der Waals surface area contributed by atoms with Crippen LogP contribution in [0.4, 0.5) is 0 Å². The number of hydrogen-bond acceptors (Lipinski definition) is 4. The van der Waals surface area contributed by atoms with Crippen molar-refractivity contribution in [2.75, 3.05) is 0 Å². The lowest BCUT2D eigenvalue weighted by molar-refractivity contribution is 1.13. The molecule has 0 unspecified atom stereocenters. The van der Waals surface area contributed by atoms with Crippen LogP contribution in [-0.2, 0) is 0 Å². The molecule has 0 amide bonds. The van der Waals surface area contributed by atoms with Gasteiger partial charge in [0.05, 0.1) is 11.0 Å². The van der Waals surface area contributed by atoms with Crippen LogP contribution >= 0.6 is 11.3 Å². The second-order valence-corrected chi connectivity index (χ2v) is 6.66. The van der Waals surface area contributed by atoms with E-state index in [-0.39, 0.29) is 5.56 Å². The smallest absolute Gasteiger partial charge is 0.260 e. The number of fused-ring (bicyclic) bond motifs is 1. The summed E-state index contributed by atoms with van der Waals surface area (Å²) in [5.74, 6) is 0.312. The molecule has 0 radical (unpaired) electrons. The van der Waals surface area contributed by atoms with Gasteiger partial charge in [-0.2, -0.15) is 5.26 Å². The number of thiophene rings is 1. The molecule has 0 aliphatic rings. The highest BCUT2D eigenvalue weighted by molar-refractivity contribution is 7.18. The van der Waals surface area contributed by atoms with Gasteiger partial charge in [-0.1, -0.05) is 29.8 Å². The van der Waals surface area contributed by atoms with Crippen molar-refractivity contribution in [3.05, 3.63) is 62.0 Å². The van der Waals surface area contributed by atoms with E-state index in [1.54, 1.807) is 6.08 Å². The van der Waals surface area contributed by atoms with Gasteiger partial charge in [0.15, 0.2) is 5.82 Å². The Balaban J connectivity index is 2.16. The maximum Gasteiger partial charge on any atom is 0.260 e. The van der Waals surface area contributed by atoms with Crippen molar-refractivity contribution in [1.29, 1.82) is 5.26 Å². The zero-order chi connectivity index (χ0) is 16.6. The molecule has 0 bridgehead atoms. The van der Waals surface area contributed by atoms with Crippen molar-refractivity contribution >= 4 is 33.2 Å². The number of hydrogen-bond donors (Lipinski definition) is 1. The fourth-order valence-electron chi connectivity index (χ4n) is 2.37. The average Bonchev–Trinajstić information content (AvgIpc) is 2.81. The maximum absolute atomic E-state index is 12.3. The van der Waals surface area contributed by atoms with Gasteiger partial charge in [-0.15, -0.1) is 11.3 Å². The Hall–Kier alpha value is -2.71. The minimum atomic E-state index is -0.197. The molecule has 2 heterocycles. The highest BCUT2D eigenvalue weighted by Gasteiger charge is 2.13. The van der Waals surface area contributed by atoms with Crippen LogP contribution in [0.2, 0.25) is 0 Å². The monoisotopic (exact) mass is 321 g/mol. The molecule has 114 valence electrons. The van der Waals surface area contributed by atoms with E-state index in [2.05, 4.69) is 16.0 Å². The third kappa shape index (κ3) is 2.81. The van der Waals surface area contributed by atoms with Crippen molar-refractivity contribution in [3.63, 3.8) is 0 Å². The van der Waals surface area contributed by atoms with Gasteiger partial charge in [-0.25, -0.2) is 4.98 Å². The molecule has 0 aliphatic carbocycles. The quantitative estimate of drug-likeness (QED) is 0.726. The molecule has 2 aromatic heterocycles. The highest BCUT2D eigenvalue weighted by atomic mass is 32.1. The van der Waals surface area contributed by atoms with Crippen LogP contribution < -0.4 is 5.56 Å². The Kier molecular flexibility index (Phi) is 3.85. The van der Waals surface area contributed by atoms with Crippen LogP contribution in [0.3, 0.4) is 0 Å². The summed E-state index contributed by atoms with van der Waals surface area (Å²) >= 11 is 1.48. The number of nitriles is 1. The molecule has 4 nitrogen and oxygen atoms in total. The minimum Gasteiger partial charge on any atom is -0.305 e. The maximum atomic E-state index is 12.3. The molecule has 0 saturated carbocycles. The molecule has 3 aromatic rings. The van der Waals surface area contributed by atoms with Crippen molar-refractivity contribution in [1.82, 2.24) is 9.97 Å². The Bertz CT molecular complexity index is 1020. The summed E-state index contributed by atoms with van der Waals surface area (Å²) in [5.41, 5.74) is 3.14. The van der Waals surface area contributed by atoms with E-state index in [1.165, 1.54) is 11.3 Å². The van der Waals surface area contributed by atoms with E-state index in [4.69, 9.17) is 0 Å².